The van der Waals surface area contributed by atoms with Gasteiger partial charge in [0.25, 0.3) is 0 Å². The standard InChI is InChI=1S/C15H22N2O2/c1-17(10-15(9-16)5-6-15)7-4-12-2-3-13-14(8-12)19-11-18-13/h2-3,8H,4-7,9-11,16H2,1H3. The van der Waals surface area contributed by atoms with Crippen molar-refractivity contribution >= 4 is 0 Å². The van der Waals surface area contributed by atoms with Crippen molar-refractivity contribution < 1.29 is 9.47 Å². The first-order valence-electron chi connectivity index (χ1n) is 6.98. The lowest BCUT2D eigenvalue weighted by Crippen LogP contribution is -2.32. The highest BCUT2D eigenvalue weighted by molar-refractivity contribution is 5.44. The third-order valence-electron chi connectivity index (χ3n) is 4.21. The van der Waals surface area contributed by atoms with Gasteiger partial charge in [-0.25, -0.2) is 0 Å². The van der Waals surface area contributed by atoms with Gasteiger partial charge < -0.3 is 20.1 Å². The number of rotatable bonds is 6. The zero-order valence-electron chi connectivity index (χ0n) is 11.5. The number of ether oxygens (including phenoxy) is 2. The summed E-state index contributed by atoms with van der Waals surface area (Å²) in [5, 5.41) is 0. The van der Waals surface area contributed by atoms with E-state index in [2.05, 4.69) is 24.1 Å². The van der Waals surface area contributed by atoms with Gasteiger partial charge in [0.05, 0.1) is 0 Å². The molecule has 0 atom stereocenters. The lowest BCUT2D eigenvalue weighted by atomic mass is 10.1. The molecule has 1 aromatic carbocycles. The quantitative estimate of drug-likeness (QED) is 0.846. The Labute approximate surface area is 114 Å². The minimum absolute atomic E-state index is 0.345. The summed E-state index contributed by atoms with van der Waals surface area (Å²) in [5.74, 6) is 1.73. The van der Waals surface area contributed by atoms with Crippen LogP contribution >= 0.6 is 0 Å². The van der Waals surface area contributed by atoms with Crippen molar-refractivity contribution in [3.8, 4) is 11.5 Å². The van der Waals surface area contributed by atoms with Gasteiger partial charge >= 0.3 is 0 Å². The molecule has 0 bridgehead atoms. The van der Waals surface area contributed by atoms with E-state index in [4.69, 9.17) is 15.2 Å². The summed E-state index contributed by atoms with van der Waals surface area (Å²) in [6, 6.07) is 6.21. The van der Waals surface area contributed by atoms with Crippen LogP contribution < -0.4 is 15.2 Å². The zero-order valence-corrected chi connectivity index (χ0v) is 11.5. The molecule has 4 heteroatoms. The fourth-order valence-corrected chi connectivity index (χ4v) is 2.67. The second kappa shape index (κ2) is 5.02. The number of hydrogen-bond acceptors (Lipinski definition) is 4. The van der Waals surface area contributed by atoms with Gasteiger partial charge in [-0.05, 0) is 56.0 Å². The van der Waals surface area contributed by atoms with Crippen molar-refractivity contribution in [2.24, 2.45) is 11.1 Å². The summed E-state index contributed by atoms with van der Waals surface area (Å²) in [6.45, 7) is 3.34. The van der Waals surface area contributed by atoms with Gasteiger partial charge in [0.2, 0.25) is 6.79 Å². The van der Waals surface area contributed by atoms with E-state index in [9.17, 15) is 0 Å². The van der Waals surface area contributed by atoms with Crippen LogP contribution in [0, 0.1) is 5.41 Å². The van der Waals surface area contributed by atoms with E-state index in [0.717, 1.165) is 37.6 Å². The van der Waals surface area contributed by atoms with E-state index < -0.39 is 0 Å². The molecule has 0 aromatic heterocycles. The molecule has 0 amide bonds. The van der Waals surface area contributed by atoms with E-state index >= 15 is 0 Å². The van der Waals surface area contributed by atoms with E-state index in [0.29, 0.717) is 12.2 Å². The monoisotopic (exact) mass is 262 g/mol. The zero-order chi connectivity index (χ0) is 13.3. The van der Waals surface area contributed by atoms with E-state index in [-0.39, 0.29) is 0 Å². The topological polar surface area (TPSA) is 47.7 Å². The molecule has 0 radical (unpaired) electrons. The molecule has 1 saturated carbocycles. The van der Waals surface area contributed by atoms with Crippen LogP contribution in [0.4, 0.5) is 0 Å². The van der Waals surface area contributed by atoms with Crippen LogP contribution in [0.15, 0.2) is 18.2 Å². The number of benzene rings is 1. The van der Waals surface area contributed by atoms with Crippen LogP contribution in [0.3, 0.4) is 0 Å². The van der Waals surface area contributed by atoms with Crippen molar-refractivity contribution in [2.75, 3.05) is 33.5 Å². The van der Waals surface area contributed by atoms with Gasteiger partial charge in [-0.2, -0.15) is 0 Å². The number of hydrogen-bond donors (Lipinski definition) is 1. The molecule has 2 N–H and O–H groups in total. The van der Waals surface area contributed by atoms with Crippen LogP contribution in [0.25, 0.3) is 0 Å². The molecule has 1 aromatic rings. The Morgan fingerprint density at radius 1 is 1.26 bits per heavy atom. The smallest absolute Gasteiger partial charge is 0.231 e. The fraction of sp³-hybridized carbons (Fsp3) is 0.600. The predicted molar refractivity (Wildman–Crippen MR) is 74.5 cm³/mol. The predicted octanol–water partition coefficient (Wildman–Crippen LogP) is 1.63. The first kappa shape index (κ1) is 12.8. The summed E-state index contributed by atoms with van der Waals surface area (Å²) in [6.07, 6.45) is 3.61. The Morgan fingerprint density at radius 2 is 2.05 bits per heavy atom. The first-order chi connectivity index (χ1) is 9.21. The second-order valence-electron chi connectivity index (χ2n) is 5.88. The van der Waals surface area contributed by atoms with Gasteiger partial charge in [0.15, 0.2) is 11.5 Å². The maximum absolute atomic E-state index is 5.83. The number of likely N-dealkylation sites (N-methyl/N-ethyl adjacent to an activating group) is 1. The van der Waals surface area contributed by atoms with Gasteiger partial charge in [-0.3, -0.25) is 0 Å². The molecule has 2 aliphatic rings. The molecule has 19 heavy (non-hydrogen) atoms. The molecule has 1 aliphatic carbocycles. The molecule has 4 nitrogen and oxygen atoms in total. The lowest BCUT2D eigenvalue weighted by Gasteiger charge is -2.22. The molecule has 1 aliphatic heterocycles. The molecule has 0 saturated heterocycles. The molecular weight excluding hydrogens is 240 g/mol. The van der Waals surface area contributed by atoms with Crippen LogP contribution in [-0.2, 0) is 6.42 Å². The molecule has 104 valence electrons. The Kier molecular flexibility index (Phi) is 3.37. The van der Waals surface area contributed by atoms with Crippen molar-refractivity contribution in [1.82, 2.24) is 4.90 Å². The molecule has 3 rings (SSSR count). The van der Waals surface area contributed by atoms with E-state index in [1.807, 2.05) is 6.07 Å². The van der Waals surface area contributed by atoms with Crippen LogP contribution in [0.2, 0.25) is 0 Å². The largest absolute Gasteiger partial charge is 0.454 e. The second-order valence-corrected chi connectivity index (χ2v) is 5.88. The molecule has 1 heterocycles. The normalized spacial score (nSPS) is 18.9. The number of nitrogens with zero attached hydrogens (tertiary/aromatic N) is 1. The summed E-state index contributed by atoms with van der Waals surface area (Å²) < 4.78 is 10.7. The van der Waals surface area contributed by atoms with Crippen molar-refractivity contribution in [3.05, 3.63) is 23.8 Å². The summed E-state index contributed by atoms with van der Waals surface area (Å²) in [5.41, 5.74) is 7.55. The third kappa shape index (κ3) is 2.85. The Balaban J connectivity index is 1.51. The Morgan fingerprint density at radius 3 is 2.79 bits per heavy atom. The summed E-state index contributed by atoms with van der Waals surface area (Å²) >= 11 is 0. The Bertz CT molecular complexity index is 457. The summed E-state index contributed by atoms with van der Waals surface area (Å²) in [7, 11) is 2.18. The number of fused-ring (bicyclic) bond motifs is 1. The van der Waals surface area contributed by atoms with E-state index in [1.165, 1.54) is 18.4 Å². The maximum Gasteiger partial charge on any atom is 0.231 e. The minimum atomic E-state index is 0.345. The van der Waals surface area contributed by atoms with Gasteiger partial charge in [0.1, 0.15) is 0 Å². The lowest BCUT2D eigenvalue weighted by molar-refractivity contribution is 0.174. The fourth-order valence-electron chi connectivity index (χ4n) is 2.67. The minimum Gasteiger partial charge on any atom is -0.454 e. The molecule has 1 fully saturated rings. The maximum atomic E-state index is 5.83. The SMILES string of the molecule is CN(CCc1ccc2c(c1)OCO2)CC1(CN)CC1. The third-order valence-corrected chi connectivity index (χ3v) is 4.21. The Hall–Kier alpha value is -1.26. The van der Waals surface area contributed by atoms with Crippen molar-refractivity contribution in [1.29, 1.82) is 0 Å². The molecule has 0 spiro atoms. The van der Waals surface area contributed by atoms with Crippen LogP contribution in [0.5, 0.6) is 11.5 Å². The van der Waals surface area contributed by atoms with Crippen LogP contribution in [-0.4, -0.2) is 38.4 Å². The highest BCUT2D eigenvalue weighted by Gasteiger charge is 2.41. The average molecular weight is 262 g/mol. The van der Waals surface area contributed by atoms with E-state index in [1.54, 1.807) is 0 Å². The van der Waals surface area contributed by atoms with Crippen LogP contribution in [0.1, 0.15) is 18.4 Å². The molecule has 0 unspecified atom stereocenters. The van der Waals surface area contributed by atoms with Gasteiger partial charge in [-0.15, -0.1) is 0 Å². The van der Waals surface area contributed by atoms with Crippen molar-refractivity contribution in [3.63, 3.8) is 0 Å². The first-order valence-corrected chi connectivity index (χ1v) is 6.98. The highest BCUT2D eigenvalue weighted by Crippen LogP contribution is 2.44. The summed E-state index contributed by atoms with van der Waals surface area (Å²) in [4.78, 5) is 2.39. The van der Waals surface area contributed by atoms with Gasteiger partial charge in [-0.1, -0.05) is 6.07 Å². The van der Waals surface area contributed by atoms with Crippen molar-refractivity contribution in [2.45, 2.75) is 19.3 Å². The highest BCUT2D eigenvalue weighted by atomic mass is 16.7. The average Bonchev–Trinajstić information content (AvgIpc) is 3.03. The van der Waals surface area contributed by atoms with Gasteiger partial charge in [0, 0.05) is 13.1 Å². The molecular formula is C15H22N2O2. The number of nitrogens with two attached hydrogens (primary N) is 1.